The van der Waals surface area contributed by atoms with Crippen molar-refractivity contribution in [2.75, 3.05) is 39.8 Å². The molecule has 198 valence electrons. The lowest BCUT2D eigenvalue weighted by Crippen LogP contribution is -2.49. The maximum atomic E-state index is 14.2. The highest BCUT2D eigenvalue weighted by Gasteiger charge is 2.41. The Morgan fingerprint density at radius 2 is 1.84 bits per heavy atom. The molecule has 7 nitrogen and oxygen atoms in total. The number of allylic oxidation sites excluding steroid dienone is 1. The number of methoxy groups -OCH3 is 1. The van der Waals surface area contributed by atoms with Crippen molar-refractivity contribution in [1.29, 1.82) is 0 Å². The molecule has 3 aliphatic heterocycles. The van der Waals surface area contributed by atoms with E-state index in [-0.39, 0.29) is 12.3 Å². The number of amidine groups is 1. The molecule has 1 saturated heterocycles. The summed E-state index contributed by atoms with van der Waals surface area (Å²) < 4.78 is 19.3. The summed E-state index contributed by atoms with van der Waals surface area (Å²) in [6, 6.07) is 16.0. The van der Waals surface area contributed by atoms with Crippen LogP contribution >= 0.6 is 11.8 Å². The van der Waals surface area contributed by atoms with Gasteiger partial charge in [0.1, 0.15) is 5.82 Å². The molecule has 1 fully saturated rings. The van der Waals surface area contributed by atoms with Crippen molar-refractivity contribution in [2.24, 2.45) is 4.99 Å². The molecule has 0 aliphatic carbocycles. The number of esters is 1. The van der Waals surface area contributed by atoms with Gasteiger partial charge in [0.15, 0.2) is 5.17 Å². The first-order valence-electron chi connectivity index (χ1n) is 12.8. The van der Waals surface area contributed by atoms with Crippen LogP contribution in [0.1, 0.15) is 30.5 Å². The van der Waals surface area contributed by atoms with Gasteiger partial charge in [0.2, 0.25) is 5.91 Å². The first-order chi connectivity index (χ1) is 18.4. The highest BCUT2D eigenvalue weighted by molar-refractivity contribution is 8.16. The van der Waals surface area contributed by atoms with Gasteiger partial charge in [-0.1, -0.05) is 54.2 Å². The Kier molecular flexibility index (Phi) is 7.95. The Morgan fingerprint density at radius 3 is 2.55 bits per heavy atom. The van der Waals surface area contributed by atoms with Gasteiger partial charge in [-0.25, -0.2) is 14.2 Å². The molecule has 38 heavy (non-hydrogen) atoms. The van der Waals surface area contributed by atoms with Gasteiger partial charge in [-0.3, -0.25) is 9.69 Å². The number of amides is 1. The highest BCUT2D eigenvalue weighted by Crippen LogP contribution is 2.45. The largest absolute Gasteiger partial charge is 0.466 e. The standard InChI is InChI=1S/C29H31FN4O3S/c1-20-26(28(36)37-2)27(22-9-6-10-23(30)17-22)34-24(19-38-29(34)31-20)18-25(35)33-15-13-32(14-16-33)12-11-21-7-4-3-5-8-21/h3-10,17,19,27H,11-16,18H2,1-2H3/t27-/m0/s1. The number of piperazine rings is 1. The SMILES string of the molecule is COC(=O)C1=C(C)N=C2SC=C(CC(=O)N3CCN(CCc4ccccc4)CC3)N2[C@H]1c1cccc(F)c1. The number of thioether (sulfide) groups is 1. The third kappa shape index (κ3) is 5.54. The number of halogens is 1. The summed E-state index contributed by atoms with van der Waals surface area (Å²) >= 11 is 1.41. The van der Waals surface area contributed by atoms with E-state index in [9.17, 15) is 14.0 Å². The quantitative estimate of drug-likeness (QED) is 0.492. The maximum absolute atomic E-state index is 14.2. The zero-order valence-corrected chi connectivity index (χ0v) is 22.4. The molecule has 0 N–H and O–H groups in total. The summed E-state index contributed by atoms with van der Waals surface area (Å²) in [5, 5.41) is 2.57. The van der Waals surface area contributed by atoms with Crippen LogP contribution in [0.5, 0.6) is 0 Å². The van der Waals surface area contributed by atoms with Crippen molar-refractivity contribution < 1.29 is 18.7 Å². The van der Waals surface area contributed by atoms with E-state index in [2.05, 4.69) is 34.2 Å². The van der Waals surface area contributed by atoms with Gasteiger partial charge in [0.05, 0.1) is 30.8 Å². The summed E-state index contributed by atoms with van der Waals surface area (Å²) in [5.74, 6) is -0.884. The van der Waals surface area contributed by atoms with Gasteiger partial charge >= 0.3 is 5.97 Å². The molecule has 5 rings (SSSR count). The van der Waals surface area contributed by atoms with Crippen molar-refractivity contribution >= 4 is 28.8 Å². The Bertz CT molecular complexity index is 1300. The molecule has 0 aromatic heterocycles. The summed E-state index contributed by atoms with van der Waals surface area (Å²) in [4.78, 5) is 37.0. The lowest BCUT2D eigenvalue weighted by atomic mass is 9.93. The van der Waals surface area contributed by atoms with Gasteiger partial charge < -0.3 is 14.5 Å². The summed E-state index contributed by atoms with van der Waals surface area (Å²) in [6.07, 6.45) is 1.17. The summed E-state index contributed by atoms with van der Waals surface area (Å²) in [5.41, 5.74) is 3.53. The van der Waals surface area contributed by atoms with Crippen LogP contribution < -0.4 is 0 Å². The number of carbonyl (C=O) groups excluding carboxylic acids is 2. The van der Waals surface area contributed by atoms with Gasteiger partial charge in [0, 0.05) is 38.4 Å². The molecule has 3 heterocycles. The topological polar surface area (TPSA) is 65.5 Å². The molecule has 2 aromatic carbocycles. The van der Waals surface area contributed by atoms with Crippen molar-refractivity contribution in [3.8, 4) is 0 Å². The van der Waals surface area contributed by atoms with Crippen LogP contribution in [0, 0.1) is 5.82 Å². The zero-order chi connectivity index (χ0) is 26.6. The van der Waals surface area contributed by atoms with E-state index in [1.54, 1.807) is 19.1 Å². The number of nitrogens with zero attached hydrogens (tertiary/aromatic N) is 4. The van der Waals surface area contributed by atoms with E-state index in [0.717, 1.165) is 31.8 Å². The number of hydrogen-bond donors (Lipinski definition) is 0. The highest BCUT2D eigenvalue weighted by atomic mass is 32.2. The predicted molar refractivity (Wildman–Crippen MR) is 147 cm³/mol. The Morgan fingerprint density at radius 1 is 1.08 bits per heavy atom. The molecule has 2 aromatic rings. The summed E-state index contributed by atoms with van der Waals surface area (Å²) in [7, 11) is 1.32. The van der Waals surface area contributed by atoms with Gasteiger partial charge in [-0.05, 0) is 42.0 Å². The third-order valence-corrected chi connectivity index (χ3v) is 8.08. The molecule has 0 spiro atoms. The third-order valence-electron chi connectivity index (χ3n) is 7.19. The normalized spacial score (nSPS) is 19.7. The number of rotatable bonds is 7. The number of hydrogen-bond acceptors (Lipinski definition) is 7. The van der Waals surface area contributed by atoms with Gasteiger partial charge in [0.25, 0.3) is 0 Å². The molecule has 1 amide bonds. The van der Waals surface area contributed by atoms with Crippen LogP contribution in [0.15, 0.2) is 82.0 Å². The number of benzene rings is 2. The molecule has 0 radical (unpaired) electrons. The number of ether oxygens (including phenoxy) is 1. The van der Waals surface area contributed by atoms with E-state index in [1.165, 1.54) is 36.6 Å². The molecule has 3 aliphatic rings. The minimum atomic E-state index is -0.630. The fourth-order valence-electron chi connectivity index (χ4n) is 5.15. The van der Waals surface area contributed by atoms with Crippen LogP contribution in [-0.2, 0) is 20.7 Å². The first kappa shape index (κ1) is 26.2. The second-order valence-corrected chi connectivity index (χ2v) is 10.4. The van der Waals surface area contributed by atoms with E-state index < -0.39 is 17.8 Å². The van der Waals surface area contributed by atoms with Crippen molar-refractivity contribution in [3.63, 3.8) is 0 Å². The van der Waals surface area contributed by atoms with Gasteiger partial charge in [-0.15, -0.1) is 0 Å². The molecule has 9 heteroatoms. The molecular formula is C29H31FN4O3S. The van der Waals surface area contributed by atoms with Crippen LogP contribution in [-0.4, -0.2) is 71.6 Å². The fraction of sp³-hybridized carbons (Fsp3) is 0.345. The predicted octanol–water partition coefficient (Wildman–Crippen LogP) is 4.35. The van der Waals surface area contributed by atoms with Crippen molar-refractivity contribution in [3.05, 3.63) is 93.9 Å². The number of carbonyl (C=O) groups is 2. The molecule has 0 bridgehead atoms. The average Bonchev–Trinajstić information content (AvgIpc) is 3.33. The maximum Gasteiger partial charge on any atom is 0.338 e. The number of aliphatic imine (C=N–C) groups is 1. The Balaban J connectivity index is 1.27. The first-order valence-corrected chi connectivity index (χ1v) is 13.6. The van der Waals surface area contributed by atoms with E-state index in [4.69, 9.17) is 4.74 Å². The van der Waals surface area contributed by atoms with E-state index in [1.807, 2.05) is 21.3 Å². The lowest BCUT2D eigenvalue weighted by molar-refractivity contribution is -0.136. The smallest absolute Gasteiger partial charge is 0.338 e. The fourth-order valence-corrected chi connectivity index (χ4v) is 6.12. The van der Waals surface area contributed by atoms with Crippen molar-refractivity contribution in [2.45, 2.75) is 25.8 Å². The average molecular weight is 535 g/mol. The summed E-state index contributed by atoms with van der Waals surface area (Å²) in [6.45, 7) is 5.75. The Labute approximate surface area is 226 Å². The molecule has 0 saturated carbocycles. The monoisotopic (exact) mass is 534 g/mol. The van der Waals surface area contributed by atoms with Crippen LogP contribution in [0.3, 0.4) is 0 Å². The van der Waals surface area contributed by atoms with Gasteiger partial charge in [-0.2, -0.15) is 0 Å². The second-order valence-electron chi connectivity index (χ2n) is 9.57. The minimum absolute atomic E-state index is 0.0321. The van der Waals surface area contributed by atoms with Crippen LogP contribution in [0.25, 0.3) is 0 Å². The number of fused-ring (bicyclic) bond motifs is 1. The second kappa shape index (κ2) is 11.5. The Hall–Kier alpha value is -3.43. The molecule has 1 atom stereocenters. The molecular weight excluding hydrogens is 503 g/mol. The molecule has 0 unspecified atom stereocenters. The zero-order valence-electron chi connectivity index (χ0n) is 21.6. The van der Waals surface area contributed by atoms with E-state index in [0.29, 0.717) is 35.1 Å². The van der Waals surface area contributed by atoms with Crippen LogP contribution in [0.4, 0.5) is 4.39 Å². The van der Waals surface area contributed by atoms with E-state index >= 15 is 0 Å². The minimum Gasteiger partial charge on any atom is -0.466 e. The lowest BCUT2D eigenvalue weighted by Gasteiger charge is -2.38. The van der Waals surface area contributed by atoms with Crippen LogP contribution in [0.2, 0.25) is 0 Å². The van der Waals surface area contributed by atoms with Crippen molar-refractivity contribution in [1.82, 2.24) is 14.7 Å².